The maximum Gasteiger partial charge on any atom is 0.231 e. The summed E-state index contributed by atoms with van der Waals surface area (Å²) in [6, 6.07) is 29.2. The molecule has 5 aromatic rings. The van der Waals surface area contributed by atoms with E-state index in [2.05, 4.69) is 64.1 Å². The molecule has 11 rings (SSSR count). The van der Waals surface area contributed by atoms with E-state index >= 15 is 0 Å². The molecule has 0 radical (unpaired) electrons. The number of pyridine rings is 2. The minimum Gasteiger partial charge on any atom is -0.454 e. The highest BCUT2D eigenvalue weighted by Gasteiger charge is 2.23. The number of nitrogens with one attached hydrogen (secondary N) is 4. The first kappa shape index (κ1) is 102. The van der Waals surface area contributed by atoms with Crippen LogP contribution in [0.1, 0.15) is 199 Å². The van der Waals surface area contributed by atoms with Gasteiger partial charge in [0.2, 0.25) is 48.1 Å². The Balaban J connectivity index is -0.00000116. The van der Waals surface area contributed by atoms with Crippen molar-refractivity contribution in [3.63, 3.8) is 0 Å². The highest BCUT2D eigenvalue weighted by molar-refractivity contribution is 7.09. The Morgan fingerprint density at radius 2 is 1.08 bits per heavy atom. The molecule has 106 heavy (non-hydrogen) atoms. The van der Waals surface area contributed by atoms with Crippen molar-refractivity contribution >= 4 is 58.5 Å². The van der Waals surface area contributed by atoms with Crippen molar-refractivity contribution in [1.82, 2.24) is 55.7 Å². The summed E-state index contributed by atoms with van der Waals surface area (Å²) in [5.41, 5.74) is 4.71. The molecule has 3 saturated heterocycles. The van der Waals surface area contributed by atoms with Crippen LogP contribution in [0.4, 0.5) is 5.82 Å². The number of rotatable bonds is 18. The summed E-state index contributed by atoms with van der Waals surface area (Å²) in [5, 5.41) is 22.4. The fourth-order valence-electron chi connectivity index (χ4n) is 11.7. The third-order valence-electron chi connectivity index (χ3n) is 17.5. The molecule has 23 heteroatoms. The number of amides is 7. The van der Waals surface area contributed by atoms with Crippen LogP contribution in [0.15, 0.2) is 127 Å². The van der Waals surface area contributed by atoms with Gasteiger partial charge in [-0.1, -0.05) is 150 Å². The number of hydrogen-bond acceptors (Lipinski definition) is 16. The van der Waals surface area contributed by atoms with Gasteiger partial charge in [0.05, 0.1) is 6.10 Å². The number of aromatic nitrogens is 2. The Morgan fingerprint density at radius 3 is 1.58 bits per heavy atom. The van der Waals surface area contributed by atoms with Gasteiger partial charge in [-0.25, -0.2) is 4.98 Å². The van der Waals surface area contributed by atoms with E-state index < -0.39 is 6.10 Å². The maximum atomic E-state index is 11.3. The number of nitrogens with zero attached hydrogens (tertiary/aromatic N) is 8. The van der Waals surface area contributed by atoms with Crippen molar-refractivity contribution in [3.05, 3.63) is 148 Å². The van der Waals surface area contributed by atoms with Crippen LogP contribution in [0.2, 0.25) is 0 Å². The van der Waals surface area contributed by atoms with E-state index in [1.165, 1.54) is 108 Å². The summed E-state index contributed by atoms with van der Waals surface area (Å²) in [7, 11) is 0. The van der Waals surface area contributed by atoms with Gasteiger partial charge in [-0.3, -0.25) is 48.3 Å². The number of fused-ring (bicyclic) bond motifs is 1. The topological polar surface area (TPSA) is 252 Å². The monoisotopic (exact) mass is 1500 g/mol. The molecule has 7 heterocycles. The van der Waals surface area contributed by atoms with E-state index in [1.807, 2.05) is 105 Å². The Labute approximate surface area is 644 Å². The van der Waals surface area contributed by atoms with Gasteiger partial charge in [0, 0.05) is 183 Å². The Bertz CT molecular complexity index is 3140. The van der Waals surface area contributed by atoms with Gasteiger partial charge < -0.3 is 55.4 Å². The zero-order valence-corrected chi connectivity index (χ0v) is 60.8. The van der Waals surface area contributed by atoms with Gasteiger partial charge in [0.15, 0.2) is 11.5 Å². The van der Waals surface area contributed by atoms with Crippen LogP contribution in [0.5, 0.6) is 11.5 Å². The third-order valence-corrected chi connectivity index (χ3v) is 18.5. The molecule has 598 valence electrons. The largest absolute Gasteiger partial charge is 0.454 e. The first-order valence-electron chi connectivity index (χ1n) is 35.4. The Hall–Kier alpha value is -8.25. The fraction of sp³-hybridized carbons (Fsp3) is 0.578. The molecule has 7 amide bonds. The normalized spacial score (nSPS) is 15.0. The third kappa shape index (κ3) is 44.0. The molecule has 0 spiro atoms. The lowest BCUT2D eigenvalue weighted by molar-refractivity contribution is -0.131. The van der Waals surface area contributed by atoms with Crippen LogP contribution in [-0.4, -0.2) is 199 Å². The van der Waals surface area contributed by atoms with E-state index in [-0.39, 0.29) is 99.9 Å². The van der Waals surface area contributed by atoms with Crippen molar-refractivity contribution in [2.24, 2.45) is 5.92 Å². The van der Waals surface area contributed by atoms with E-state index in [4.69, 9.17) is 9.47 Å². The average molecular weight is 1500 g/mol. The van der Waals surface area contributed by atoms with E-state index in [0.717, 1.165) is 152 Å². The molecule has 4 aliphatic heterocycles. The van der Waals surface area contributed by atoms with E-state index in [1.54, 1.807) is 51.4 Å². The molecule has 2 aromatic carbocycles. The molecular formula is C83H140N12O10S. The number of ether oxygens (including phenoxy) is 2. The molecule has 6 aliphatic rings. The average Bonchev–Trinajstić information content (AvgIpc) is 1.59. The molecular weight excluding hydrogens is 1360 g/mol. The van der Waals surface area contributed by atoms with Gasteiger partial charge in [0.1, 0.15) is 5.82 Å². The Morgan fingerprint density at radius 1 is 0.528 bits per heavy atom. The SMILES string of the molecule is C.C.C.C.C.C.C.CC(=O)N1CCN(CCC2CCCCC2)CC1.CC(=O)N1CCN(Cc2ccc3c(c2)OCO3)CC1.CC(=O)N1CCN(c2ccccn2)CC1.CC(=O)NCC(O)c1ccccc1.CC(=O)NCCC1=CCCCC1.CC(=O)NCCc1cccnc1.CC(=O)NCCc1cccs1. The van der Waals surface area contributed by atoms with Crippen LogP contribution >= 0.6 is 11.3 Å². The minimum atomic E-state index is -0.620. The predicted octanol–water partition coefficient (Wildman–Crippen LogP) is 13.5. The molecule has 1 atom stereocenters. The van der Waals surface area contributed by atoms with Crippen molar-refractivity contribution in [2.75, 3.05) is 123 Å². The first-order valence-corrected chi connectivity index (χ1v) is 36.2. The summed E-state index contributed by atoms with van der Waals surface area (Å²) in [6.45, 7) is 26.8. The molecule has 0 bridgehead atoms. The summed E-state index contributed by atoms with van der Waals surface area (Å²) in [4.78, 5) is 98.1. The van der Waals surface area contributed by atoms with Gasteiger partial charge in [-0.15, -0.1) is 11.3 Å². The highest BCUT2D eigenvalue weighted by atomic mass is 32.1. The zero-order chi connectivity index (χ0) is 71.4. The standard InChI is InChI=1S/C14H18N2O3.C14H26N2O.C11H15N3O.C10H13NO2.C10H17NO.C9H12N2O.C8H11NOS.7CH4/c1-11(17)16-6-4-15(5-7-16)9-12-2-3-13-14(8-12)19-10-18-13;1-13(17)16-11-9-15(10-12-16)8-7-14-5-3-2-4-6-14;1-10(15)13-6-8-14(9-7-13)11-4-2-3-5-12-11;1-8(12)11-7-10(13)9-5-3-2-4-6-9;1-9(12)11-8-7-10-5-3-2-4-6-10;1-8(12)11-6-4-9-3-2-5-10-7-9;1-7(10)9-5-4-8-3-2-6-11-8;;;;;;;/h2-3,8H,4-7,9-10H2,1H3;14H,2-12H2,1H3;2-5H,6-9H2,1H3;2-6,10,13H,7H2,1H3,(H,11,12);5H,2-4,6-8H2,1H3,(H,11,12);2-3,5,7H,4,6H2,1H3,(H,11,12);2-3,6H,4-5H2,1H3,(H,9,10);7*1H4. The van der Waals surface area contributed by atoms with Crippen molar-refractivity contribution in [3.8, 4) is 11.5 Å². The van der Waals surface area contributed by atoms with Crippen molar-refractivity contribution in [2.45, 2.75) is 197 Å². The smallest absolute Gasteiger partial charge is 0.231 e. The minimum absolute atomic E-state index is 0. The number of piperazine rings is 3. The number of aliphatic hydroxyl groups is 1. The fourth-order valence-corrected chi connectivity index (χ4v) is 12.5. The molecule has 5 N–H and O–H groups in total. The summed E-state index contributed by atoms with van der Waals surface area (Å²) < 4.78 is 10.7. The molecule has 1 unspecified atom stereocenters. The van der Waals surface area contributed by atoms with Gasteiger partial charge in [-0.2, -0.15) is 0 Å². The van der Waals surface area contributed by atoms with Gasteiger partial charge in [-0.05, 0) is 122 Å². The second-order valence-electron chi connectivity index (χ2n) is 25.4. The van der Waals surface area contributed by atoms with E-state index in [9.17, 15) is 38.7 Å². The van der Waals surface area contributed by atoms with Crippen LogP contribution in [0.3, 0.4) is 0 Å². The number of aliphatic hydroxyl groups excluding tert-OH is 1. The lowest BCUT2D eigenvalue weighted by atomic mass is 9.87. The second-order valence-corrected chi connectivity index (χ2v) is 26.4. The predicted molar refractivity (Wildman–Crippen MR) is 439 cm³/mol. The quantitative estimate of drug-likeness (QED) is 0.0512. The number of thiophene rings is 1. The summed E-state index contributed by atoms with van der Waals surface area (Å²) >= 11 is 1.72. The second kappa shape index (κ2) is 59.8. The lowest BCUT2D eigenvalue weighted by Crippen LogP contribution is -2.48. The molecule has 2 aliphatic carbocycles. The van der Waals surface area contributed by atoms with Gasteiger partial charge in [0.25, 0.3) is 0 Å². The summed E-state index contributed by atoms with van der Waals surface area (Å²) in [5.74, 6) is 4.21. The molecule has 1 saturated carbocycles. The maximum absolute atomic E-state index is 11.3. The first-order chi connectivity index (χ1) is 47.8. The Kier molecular flexibility index (Phi) is 57.5. The van der Waals surface area contributed by atoms with E-state index in [0.29, 0.717) is 13.3 Å². The van der Waals surface area contributed by atoms with Crippen LogP contribution in [-0.2, 0) is 52.9 Å². The molecule has 22 nitrogen and oxygen atoms in total. The highest BCUT2D eigenvalue weighted by Crippen LogP contribution is 2.33. The number of hydrogen-bond donors (Lipinski definition) is 5. The molecule has 3 aromatic heterocycles. The molecule has 4 fully saturated rings. The van der Waals surface area contributed by atoms with Gasteiger partial charge >= 0.3 is 0 Å². The number of benzene rings is 2. The number of anilines is 1. The van der Waals surface area contributed by atoms with Crippen LogP contribution in [0, 0.1) is 5.92 Å². The number of carbonyl (C=O) groups excluding carboxylic acids is 7. The van der Waals surface area contributed by atoms with Crippen molar-refractivity contribution < 1.29 is 48.1 Å². The number of allylic oxidation sites excluding steroid dienone is 1. The summed E-state index contributed by atoms with van der Waals surface area (Å²) in [6.07, 6.45) is 23.6. The van der Waals surface area contributed by atoms with Crippen molar-refractivity contribution in [1.29, 1.82) is 0 Å². The zero-order valence-electron chi connectivity index (χ0n) is 59.9. The number of carbonyl (C=O) groups is 7. The lowest BCUT2D eigenvalue weighted by Gasteiger charge is -2.35. The van der Waals surface area contributed by atoms with Crippen LogP contribution < -0.4 is 35.6 Å². The van der Waals surface area contributed by atoms with Crippen LogP contribution in [0.25, 0.3) is 0 Å².